The highest BCUT2D eigenvalue weighted by Crippen LogP contribution is 2.29. The molecule has 1 atom stereocenters. The fourth-order valence-electron chi connectivity index (χ4n) is 3.70. The maximum atomic E-state index is 12.8. The molecule has 0 saturated carbocycles. The zero-order chi connectivity index (χ0) is 22.5. The summed E-state index contributed by atoms with van der Waals surface area (Å²) >= 11 is 1.30. The van der Waals surface area contributed by atoms with Crippen molar-refractivity contribution in [2.75, 3.05) is 23.7 Å². The molecule has 1 saturated heterocycles. The Morgan fingerprint density at radius 1 is 1.03 bits per heavy atom. The smallest absolute Gasteiger partial charge is 0.321 e. The summed E-state index contributed by atoms with van der Waals surface area (Å²) in [5.74, 6) is -0.186. The van der Waals surface area contributed by atoms with Crippen molar-refractivity contribution in [1.82, 2.24) is 15.1 Å². The third-order valence-electron chi connectivity index (χ3n) is 5.62. The average Bonchev–Trinajstić information content (AvgIpc) is 3.32. The number of benzene rings is 2. The lowest BCUT2D eigenvalue weighted by Gasteiger charge is -2.31. The Morgan fingerprint density at radius 2 is 1.72 bits per heavy atom. The minimum atomic E-state index is -0.265. The number of hydrogen-bond donors (Lipinski definition) is 2. The van der Waals surface area contributed by atoms with Crippen molar-refractivity contribution in [2.24, 2.45) is 0 Å². The molecule has 0 aliphatic carbocycles. The molecule has 1 aliphatic heterocycles. The first-order chi connectivity index (χ1) is 15.5. The number of piperidine rings is 1. The number of rotatable bonds is 5. The maximum Gasteiger partial charge on any atom is 0.321 e. The van der Waals surface area contributed by atoms with E-state index >= 15 is 0 Å². The Bertz CT molecular complexity index is 1080. The van der Waals surface area contributed by atoms with Crippen molar-refractivity contribution in [1.29, 1.82) is 0 Å². The van der Waals surface area contributed by atoms with Crippen LogP contribution in [0.25, 0.3) is 0 Å². The van der Waals surface area contributed by atoms with Crippen molar-refractivity contribution >= 4 is 34.6 Å². The largest absolute Gasteiger partial charge is 0.324 e. The monoisotopic (exact) mass is 449 g/mol. The summed E-state index contributed by atoms with van der Waals surface area (Å²) in [6, 6.07) is 15.4. The molecule has 0 radical (unpaired) electrons. The van der Waals surface area contributed by atoms with E-state index in [1.165, 1.54) is 16.9 Å². The fraction of sp³-hybridized carbons (Fsp3) is 0.333. The summed E-state index contributed by atoms with van der Waals surface area (Å²) in [5.41, 5.74) is 3.88. The van der Waals surface area contributed by atoms with Crippen LogP contribution in [0, 0.1) is 6.92 Å². The van der Waals surface area contributed by atoms with Crippen LogP contribution in [-0.2, 0) is 6.42 Å². The van der Waals surface area contributed by atoms with Gasteiger partial charge in [-0.15, -0.1) is 10.2 Å². The molecule has 0 spiro atoms. The van der Waals surface area contributed by atoms with E-state index in [1.807, 2.05) is 60.4 Å². The molecule has 3 amide bonds. The van der Waals surface area contributed by atoms with Crippen molar-refractivity contribution in [3.8, 4) is 0 Å². The van der Waals surface area contributed by atoms with Gasteiger partial charge in [0.1, 0.15) is 5.01 Å². The minimum Gasteiger partial charge on any atom is -0.324 e. The number of urea groups is 1. The van der Waals surface area contributed by atoms with E-state index < -0.39 is 0 Å². The van der Waals surface area contributed by atoms with Crippen LogP contribution in [0.4, 0.5) is 16.2 Å². The molecule has 7 nitrogen and oxygen atoms in total. The maximum absolute atomic E-state index is 12.8. The summed E-state index contributed by atoms with van der Waals surface area (Å²) in [5, 5.41) is 15.3. The normalized spacial score (nSPS) is 15.9. The summed E-state index contributed by atoms with van der Waals surface area (Å²) < 4.78 is 0. The summed E-state index contributed by atoms with van der Waals surface area (Å²) in [4.78, 5) is 27.1. The third-order valence-corrected chi connectivity index (χ3v) is 6.70. The SMILES string of the molecule is CCc1ccc(NC(=O)N2CCC[C@H](c3nnc(C(=O)Nc4ccc(C)cc4)s3)C2)cc1. The average molecular weight is 450 g/mol. The predicted octanol–water partition coefficient (Wildman–Crippen LogP) is 5.07. The number of likely N-dealkylation sites (tertiary alicyclic amines) is 1. The Hall–Kier alpha value is -3.26. The van der Waals surface area contributed by atoms with Gasteiger partial charge in [0, 0.05) is 30.4 Å². The van der Waals surface area contributed by atoms with E-state index in [1.54, 1.807) is 0 Å². The second-order valence-electron chi connectivity index (χ2n) is 8.03. The van der Waals surface area contributed by atoms with E-state index in [2.05, 4.69) is 27.8 Å². The molecule has 1 fully saturated rings. The van der Waals surface area contributed by atoms with Crippen molar-refractivity contribution in [3.63, 3.8) is 0 Å². The van der Waals surface area contributed by atoms with Gasteiger partial charge < -0.3 is 15.5 Å². The first-order valence-electron chi connectivity index (χ1n) is 10.9. The number of carbonyl (C=O) groups excluding carboxylic acids is 2. The summed E-state index contributed by atoms with van der Waals surface area (Å²) in [6.07, 6.45) is 2.77. The number of aryl methyl sites for hydroxylation is 2. The van der Waals surface area contributed by atoms with Gasteiger partial charge in [-0.1, -0.05) is 48.1 Å². The minimum absolute atomic E-state index is 0.0791. The molecule has 4 rings (SSSR count). The van der Waals surface area contributed by atoms with Crippen LogP contribution in [0.5, 0.6) is 0 Å². The van der Waals surface area contributed by atoms with Crippen molar-refractivity contribution < 1.29 is 9.59 Å². The van der Waals surface area contributed by atoms with Crippen LogP contribution >= 0.6 is 11.3 Å². The quantitative estimate of drug-likeness (QED) is 0.569. The van der Waals surface area contributed by atoms with Crippen LogP contribution in [0.15, 0.2) is 48.5 Å². The summed E-state index contributed by atoms with van der Waals surface area (Å²) in [6.45, 7) is 5.37. The lowest BCUT2D eigenvalue weighted by molar-refractivity contribution is 0.102. The van der Waals surface area contributed by atoms with Gasteiger partial charge in [-0.25, -0.2) is 4.79 Å². The van der Waals surface area contributed by atoms with Gasteiger partial charge in [-0.2, -0.15) is 0 Å². The molecule has 2 heterocycles. The molecule has 0 bridgehead atoms. The van der Waals surface area contributed by atoms with Crippen LogP contribution in [0.1, 0.15) is 51.6 Å². The summed E-state index contributed by atoms with van der Waals surface area (Å²) in [7, 11) is 0. The topological polar surface area (TPSA) is 87.2 Å². The highest BCUT2D eigenvalue weighted by molar-refractivity contribution is 7.13. The molecule has 3 aromatic rings. The molecule has 0 unspecified atom stereocenters. The molecular weight excluding hydrogens is 422 g/mol. The number of nitrogens with zero attached hydrogens (tertiary/aromatic N) is 3. The molecule has 1 aromatic heterocycles. The van der Waals surface area contributed by atoms with Crippen LogP contribution in [-0.4, -0.2) is 40.1 Å². The fourth-order valence-corrected chi connectivity index (χ4v) is 4.57. The van der Waals surface area contributed by atoms with Gasteiger partial charge in [0.25, 0.3) is 5.91 Å². The zero-order valence-corrected chi connectivity index (χ0v) is 19.1. The molecule has 32 heavy (non-hydrogen) atoms. The number of hydrogen-bond acceptors (Lipinski definition) is 5. The van der Waals surface area contributed by atoms with E-state index in [9.17, 15) is 9.59 Å². The van der Waals surface area contributed by atoms with Crippen LogP contribution < -0.4 is 10.6 Å². The zero-order valence-electron chi connectivity index (χ0n) is 18.3. The predicted molar refractivity (Wildman–Crippen MR) is 127 cm³/mol. The second kappa shape index (κ2) is 9.91. The third kappa shape index (κ3) is 5.31. The first kappa shape index (κ1) is 22.0. The molecular formula is C24H27N5O2S. The van der Waals surface area contributed by atoms with Gasteiger partial charge in [0.2, 0.25) is 5.01 Å². The highest BCUT2D eigenvalue weighted by atomic mass is 32.1. The Labute approximate surface area is 191 Å². The molecule has 2 aromatic carbocycles. The van der Waals surface area contributed by atoms with E-state index in [4.69, 9.17) is 0 Å². The van der Waals surface area contributed by atoms with Crippen LogP contribution in [0.2, 0.25) is 0 Å². The number of aromatic nitrogens is 2. The molecule has 8 heteroatoms. The number of carbonyl (C=O) groups is 2. The first-order valence-corrected chi connectivity index (χ1v) is 11.7. The van der Waals surface area contributed by atoms with Gasteiger partial charge in [0.15, 0.2) is 0 Å². The number of nitrogens with one attached hydrogen (secondary N) is 2. The lowest BCUT2D eigenvalue weighted by Crippen LogP contribution is -2.41. The van der Waals surface area contributed by atoms with Gasteiger partial charge in [-0.05, 0) is 56.0 Å². The molecule has 2 N–H and O–H groups in total. The number of anilines is 2. The molecule has 166 valence electrons. The number of amides is 3. The Morgan fingerprint density at radius 3 is 2.44 bits per heavy atom. The van der Waals surface area contributed by atoms with Crippen molar-refractivity contribution in [3.05, 3.63) is 69.7 Å². The van der Waals surface area contributed by atoms with Gasteiger partial charge in [-0.3, -0.25) is 4.79 Å². The van der Waals surface area contributed by atoms with Gasteiger partial charge >= 0.3 is 6.03 Å². The Balaban J connectivity index is 1.36. The van der Waals surface area contributed by atoms with Crippen LogP contribution in [0.3, 0.4) is 0 Å². The van der Waals surface area contributed by atoms with Crippen molar-refractivity contribution in [2.45, 2.75) is 39.0 Å². The highest BCUT2D eigenvalue weighted by Gasteiger charge is 2.28. The standard InChI is InChI=1S/C24H27N5O2S/c1-3-17-8-12-20(13-9-17)26-24(31)29-14-4-5-18(15-29)22-27-28-23(32-22)21(30)25-19-10-6-16(2)7-11-19/h6-13,18H,3-5,14-15H2,1-2H3,(H,25,30)(H,26,31)/t18-/m0/s1. The Kier molecular flexibility index (Phi) is 6.80. The van der Waals surface area contributed by atoms with E-state index in [0.717, 1.165) is 41.2 Å². The van der Waals surface area contributed by atoms with Gasteiger partial charge in [0.05, 0.1) is 0 Å². The van der Waals surface area contributed by atoms with E-state index in [-0.39, 0.29) is 17.9 Å². The second-order valence-corrected chi connectivity index (χ2v) is 9.04. The lowest BCUT2D eigenvalue weighted by atomic mass is 9.99. The molecule has 1 aliphatic rings. The van der Waals surface area contributed by atoms with E-state index in [0.29, 0.717) is 18.1 Å².